The van der Waals surface area contributed by atoms with Crippen LogP contribution in [-0.2, 0) is 19.1 Å². The molecule has 0 heterocycles. The SMILES string of the molecule is COC(=O)CC(=O)OC1CCCC(C)(C)C1. The highest BCUT2D eigenvalue weighted by Crippen LogP contribution is 2.36. The monoisotopic (exact) mass is 228 g/mol. The van der Waals surface area contributed by atoms with Crippen molar-refractivity contribution in [3.8, 4) is 0 Å². The zero-order valence-corrected chi connectivity index (χ0v) is 10.2. The largest absolute Gasteiger partial charge is 0.469 e. The van der Waals surface area contributed by atoms with E-state index in [1.807, 2.05) is 0 Å². The van der Waals surface area contributed by atoms with Crippen LogP contribution < -0.4 is 0 Å². The smallest absolute Gasteiger partial charge is 0.317 e. The van der Waals surface area contributed by atoms with Crippen LogP contribution in [0.25, 0.3) is 0 Å². The Morgan fingerprint density at radius 1 is 1.31 bits per heavy atom. The molecule has 0 aromatic rings. The highest BCUT2D eigenvalue weighted by Gasteiger charge is 2.30. The van der Waals surface area contributed by atoms with Crippen molar-refractivity contribution in [3.05, 3.63) is 0 Å². The first-order valence-electron chi connectivity index (χ1n) is 5.69. The van der Waals surface area contributed by atoms with Gasteiger partial charge in [-0.1, -0.05) is 13.8 Å². The summed E-state index contributed by atoms with van der Waals surface area (Å²) in [5.41, 5.74) is 0.231. The minimum atomic E-state index is -0.542. The molecule has 1 aliphatic rings. The van der Waals surface area contributed by atoms with Crippen LogP contribution in [0, 0.1) is 5.41 Å². The van der Waals surface area contributed by atoms with E-state index in [1.165, 1.54) is 7.11 Å². The van der Waals surface area contributed by atoms with E-state index < -0.39 is 11.9 Å². The topological polar surface area (TPSA) is 52.6 Å². The third-order valence-corrected chi connectivity index (χ3v) is 2.97. The highest BCUT2D eigenvalue weighted by molar-refractivity contribution is 5.91. The zero-order valence-electron chi connectivity index (χ0n) is 10.2. The summed E-state index contributed by atoms with van der Waals surface area (Å²) in [7, 11) is 1.26. The molecule has 0 amide bonds. The molecule has 0 spiro atoms. The summed E-state index contributed by atoms with van der Waals surface area (Å²) < 4.78 is 9.67. The number of methoxy groups -OCH3 is 1. The molecular formula is C12H20O4. The van der Waals surface area contributed by atoms with Crippen LogP contribution in [0.1, 0.15) is 46.0 Å². The van der Waals surface area contributed by atoms with Crippen molar-refractivity contribution in [2.75, 3.05) is 7.11 Å². The second-order valence-corrected chi connectivity index (χ2v) is 5.13. The summed E-state index contributed by atoms with van der Waals surface area (Å²) in [6.45, 7) is 4.35. The van der Waals surface area contributed by atoms with Gasteiger partial charge in [-0.2, -0.15) is 0 Å². The molecule has 1 atom stereocenters. The molecule has 0 aliphatic heterocycles. The molecule has 1 rings (SSSR count). The van der Waals surface area contributed by atoms with Crippen LogP contribution in [0.3, 0.4) is 0 Å². The lowest BCUT2D eigenvalue weighted by molar-refractivity contribution is -0.158. The molecule has 0 aromatic carbocycles. The van der Waals surface area contributed by atoms with Gasteiger partial charge in [-0.3, -0.25) is 9.59 Å². The van der Waals surface area contributed by atoms with Crippen molar-refractivity contribution in [2.45, 2.75) is 52.1 Å². The Morgan fingerprint density at radius 2 is 2.00 bits per heavy atom. The van der Waals surface area contributed by atoms with E-state index in [9.17, 15) is 9.59 Å². The Kier molecular flexibility index (Phi) is 4.33. The van der Waals surface area contributed by atoms with Crippen LogP contribution in [0.15, 0.2) is 0 Å². The summed E-state index contributed by atoms with van der Waals surface area (Å²) >= 11 is 0. The molecule has 0 saturated heterocycles. The number of rotatable bonds is 3. The van der Waals surface area contributed by atoms with Crippen molar-refractivity contribution in [1.29, 1.82) is 0 Å². The van der Waals surface area contributed by atoms with Gasteiger partial charge in [0.15, 0.2) is 0 Å². The predicted octanol–water partition coefficient (Wildman–Crippen LogP) is 2.06. The molecule has 16 heavy (non-hydrogen) atoms. The minimum Gasteiger partial charge on any atom is -0.469 e. The fourth-order valence-electron chi connectivity index (χ4n) is 2.15. The van der Waals surface area contributed by atoms with Crippen molar-refractivity contribution in [3.63, 3.8) is 0 Å². The number of ether oxygens (including phenoxy) is 2. The molecule has 4 nitrogen and oxygen atoms in total. The maximum Gasteiger partial charge on any atom is 0.317 e. The van der Waals surface area contributed by atoms with Gasteiger partial charge in [0.05, 0.1) is 7.11 Å². The molecule has 0 aromatic heterocycles. The van der Waals surface area contributed by atoms with Gasteiger partial charge in [0, 0.05) is 0 Å². The normalized spacial score (nSPS) is 23.6. The van der Waals surface area contributed by atoms with Gasteiger partial charge in [0.2, 0.25) is 0 Å². The molecule has 1 saturated carbocycles. The van der Waals surface area contributed by atoms with Crippen molar-refractivity contribution >= 4 is 11.9 Å². The van der Waals surface area contributed by atoms with Crippen LogP contribution >= 0.6 is 0 Å². The maximum atomic E-state index is 11.4. The van der Waals surface area contributed by atoms with Gasteiger partial charge in [0.25, 0.3) is 0 Å². The van der Waals surface area contributed by atoms with Gasteiger partial charge in [0.1, 0.15) is 12.5 Å². The summed E-state index contributed by atoms with van der Waals surface area (Å²) in [6, 6.07) is 0. The van der Waals surface area contributed by atoms with E-state index >= 15 is 0 Å². The Bertz CT molecular complexity index is 270. The Hall–Kier alpha value is -1.06. The molecule has 0 N–H and O–H groups in total. The molecule has 0 bridgehead atoms. The number of carbonyl (C=O) groups excluding carboxylic acids is 2. The highest BCUT2D eigenvalue weighted by atomic mass is 16.6. The van der Waals surface area contributed by atoms with Crippen molar-refractivity contribution in [2.24, 2.45) is 5.41 Å². The van der Waals surface area contributed by atoms with E-state index in [1.54, 1.807) is 0 Å². The third-order valence-electron chi connectivity index (χ3n) is 2.97. The molecule has 1 unspecified atom stereocenters. The molecule has 0 radical (unpaired) electrons. The Balaban J connectivity index is 2.36. The average molecular weight is 228 g/mol. The third kappa shape index (κ3) is 4.21. The summed E-state index contributed by atoms with van der Waals surface area (Å²) in [5, 5.41) is 0. The lowest BCUT2D eigenvalue weighted by atomic mass is 9.76. The lowest BCUT2D eigenvalue weighted by Gasteiger charge is -2.34. The maximum absolute atomic E-state index is 11.4. The summed E-state index contributed by atoms with van der Waals surface area (Å²) in [6.07, 6.45) is 3.69. The van der Waals surface area contributed by atoms with E-state index in [0.717, 1.165) is 25.7 Å². The van der Waals surface area contributed by atoms with E-state index in [-0.39, 0.29) is 17.9 Å². The van der Waals surface area contributed by atoms with Crippen LogP contribution in [0.5, 0.6) is 0 Å². The number of hydrogen-bond donors (Lipinski definition) is 0. The quantitative estimate of drug-likeness (QED) is 0.548. The lowest BCUT2D eigenvalue weighted by Crippen LogP contribution is -2.30. The molecular weight excluding hydrogens is 208 g/mol. The Labute approximate surface area is 96.3 Å². The second kappa shape index (κ2) is 5.32. The van der Waals surface area contributed by atoms with Crippen LogP contribution in [0.2, 0.25) is 0 Å². The first-order valence-corrected chi connectivity index (χ1v) is 5.69. The van der Waals surface area contributed by atoms with Crippen molar-refractivity contribution < 1.29 is 19.1 Å². The molecule has 4 heteroatoms. The van der Waals surface area contributed by atoms with Gasteiger partial charge in [-0.15, -0.1) is 0 Å². The fourth-order valence-corrected chi connectivity index (χ4v) is 2.15. The number of carbonyl (C=O) groups is 2. The fraction of sp³-hybridized carbons (Fsp3) is 0.833. The van der Waals surface area contributed by atoms with E-state index in [2.05, 4.69) is 18.6 Å². The average Bonchev–Trinajstić information content (AvgIpc) is 2.15. The van der Waals surface area contributed by atoms with Gasteiger partial charge < -0.3 is 9.47 Å². The Morgan fingerprint density at radius 3 is 2.56 bits per heavy atom. The predicted molar refractivity (Wildman–Crippen MR) is 58.8 cm³/mol. The van der Waals surface area contributed by atoms with Gasteiger partial charge in [-0.25, -0.2) is 0 Å². The van der Waals surface area contributed by atoms with E-state index in [4.69, 9.17) is 4.74 Å². The minimum absolute atomic E-state index is 0.0408. The summed E-state index contributed by atoms with van der Waals surface area (Å²) in [5.74, 6) is -1.02. The first kappa shape index (κ1) is 13.0. The second-order valence-electron chi connectivity index (χ2n) is 5.13. The molecule has 1 aliphatic carbocycles. The number of hydrogen-bond acceptors (Lipinski definition) is 4. The van der Waals surface area contributed by atoms with Crippen LogP contribution in [-0.4, -0.2) is 25.2 Å². The molecule has 1 fully saturated rings. The van der Waals surface area contributed by atoms with Gasteiger partial charge in [-0.05, 0) is 31.1 Å². The van der Waals surface area contributed by atoms with Crippen molar-refractivity contribution in [1.82, 2.24) is 0 Å². The standard InChI is InChI=1S/C12H20O4/c1-12(2)6-4-5-9(8-12)16-11(14)7-10(13)15-3/h9H,4-8H2,1-3H3. The van der Waals surface area contributed by atoms with Gasteiger partial charge >= 0.3 is 11.9 Å². The van der Waals surface area contributed by atoms with Crippen LogP contribution in [0.4, 0.5) is 0 Å². The summed E-state index contributed by atoms with van der Waals surface area (Å²) in [4.78, 5) is 22.2. The van der Waals surface area contributed by atoms with E-state index in [0.29, 0.717) is 0 Å². The zero-order chi connectivity index (χ0) is 12.2. The molecule has 92 valence electrons. The first-order chi connectivity index (χ1) is 7.43. The number of esters is 2.